The van der Waals surface area contributed by atoms with Gasteiger partial charge in [-0.2, -0.15) is 0 Å². The maximum absolute atomic E-state index is 13.5. The lowest BCUT2D eigenvalue weighted by molar-refractivity contribution is 0.599. The number of nitrogens with one attached hydrogen (secondary N) is 1. The normalized spacial score (nSPS) is 12.6. The minimum absolute atomic E-state index is 0.138. The van der Waals surface area contributed by atoms with E-state index in [0.29, 0.717) is 6.04 Å². The summed E-state index contributed by atoms with van der Waals surface area (Å²) in [7, 11) is 1.95. The Morgan fingerprint density at radius 3 is 2.74 bits per heavy atom. The molecule has 102 valence electrons. The highest BCUT2D eigenvalue weighted by Gasteiger charge is 2.11. The van der Waals surface area contributed by atoms with Crippen LogP contribution in [0.25, 0.3) is 0 Å². The van der Waals surface area contributed by atoms with Gasteiger partial charge >= 0.3 is 0 Å². The Labute approximate surface area is 129 Å². The molecule has 0 aliphatic carbocycles. The zero-order valence-electron chi connectivity index (χ0n) is 10.5. The van der Waals surface area contributed by atoms with Crippen molar-refractivity contribution in [3.05, 3.63) is 50.9 Å². The van der Waals surface area contributed by atoms with Gasteiger partial charge < -0.3 is 5.32 Å². The summed E-state index contributed by atoms with van der Waals surface area (Å²) in [5.74, 6) is 0.716. The van der Waals surface area contributed by atoms with Crippen molar-refractivity contribution in [2.75, 3.05) is 12.8 Å². The second kappa shape index (κ2) is 7.43. The van der Waals surface area contributed by atoms with Crippen molar-refractivity contribution in [3.8, 4) is 0 Å². The highest BCUT2D eigenvalue weighted by atomic mass is 79.9. The van der Waals surface area contributed by atoms with Gasteiger partial charge in [-0.15, -0.1) is 23.1 Å². The van der Waals surface area contributed by atoms with E-state index in [-0.39, 0.29) is 5.82 Å². The zero-order valence-corrected chi connectivity index (χ0v) is 13.7. The van der Waals surface area contributed by atoms with Crippen LogP contribution in [-0.2, 0) is 6.42 Å². The number of likely N-dealkylation sites (N-methyl/N-ethyl adjacent to an activating group) is 1. The molecule has 1 nitrogen and oxygen atoms in total. The van der Waals surface area contributed by atoms with Crippen LogP contribution in [0.3, 0.4) is 0 Å². The van der Waals surface area contributed by atoms with Crippen LogP contribution < -0.4 is 5.32 Å². The summed E-state index contributed by atoms with van der Waals surface area (Å²) in [6.07, 6.45) is 0.966. The number of hydrogen-bond acceptors (Lipinski definition) is 3. The zero-order chi connectivity index (χ0) is 13.7. The maximum Gasteiger partial charge on any atom is 0.136 e. The Morgan fingerprint density at radius 1 is 1.32 bits per heavy atom. The van der Waals surface area contributed by atoms with Crippen molar-refractivity contribution in [2.45, 2.75) is 17.4 Å². The average Bonchev–Trinajstić information content (AvgIpc) is 2.81. The lowest BCUT2D eigenvalue weighted by Gasteiger charge is -2.15. The largest absolute Gasteiger partial charge is 0.316 e. The van der Waals surface area contributed by atoms with Crippen LogP contribution in [0.15, 0.2) is 45.1 Å². The Morgan fingerprint density at radius 2 is 2.11 bits per heavy atom. The Hall–Kier alpha value is -0.360. The monoisotopic (exact) mass is 359 g/mol. The van der Waals surface area contributed by atoms with Gasteiger partial charge in [0, 0.05) is 21.6 Å². The molecule has 0 saturated carbocycles. The van der Waals surface area contributed by atoms with Gasteiger partial charge in [0.05, 0.1) is 3.79 Å². The second-order valence-corrected chi connectivity index (χ2v) is 7.75. The predicted octanol–water partition coefficient (Wildman–Crippen LogP) is 4.57. The van der Waals surface area contributed by atoms with E-state index in [9.17, 15) is 4.39 Å². The van der Waals surface area contributed by atoms with Gasteiger partial charge in [0.15, 0.2) is 0 Å². The topological polar surface area (TPSA) is 12.0 Å². The molecule has 2 aromatic rings. The molecule has 19 heavy (non-hydrogen) atoms. The Balaban J connectivity index is 1.91. The van der Waals surface area contributed by atoms with Gasteiger partial charge in [-0.05, 0) is 53.7 Å². The van der Waals surface area contributed by atoms with Crippen molar-refractivity contribution in [1.29, 1.82) is 0 Å². The van der Waals surface area contributed by atoms with Crippen molar-refractivity contribution >= 4 is 39.0 Å². The summed E-state index contributed by atoms with van der Waals surface area (Å²) < 4.78 is 14.7. The van der Waals surface area contributed by atoms with Gasteiger partial charge in [0.2, 0.25) is 0 Å². The van der Waals surface area contributed by atoms with Gasteiger partial charge in [0.25, 0.3) is 0 Å². The quantitative estimate of drug-likeness (QED) is 0.758. The fourth-order valence-corrected chi connectivity index (χ4v) is 4.31. The first-order valence-corrected chi connectivity index (χ1v) is 8.57. The summed E-state index contributed by atoms with van der Waals surface area (Å²) in [4.78, 5) is 2.05. The molecule has 5 heteroatoms. The van der Waals surface area contributed by atoms with Crippen LogP contribution in [-0.4, -0.2) is 18.8 Å². The molecule has 0 radical (unpaired) electrons. The minimum atomic E-state index is -0.138. The van der Waals surface area contributed by atoms with Gasteiger partial charge in [-0.25, -0.2) is 4.39 Å². The van der Waals surface area contributed by atoms with E-state index in [1.54, 1.807) is 29.2 Å². The van der Waals surface area contributed by atoms with E-state index in [1.165, 1.54) is 10.9 Å². The van der Waals surface area contributed by atoms with E-state index in [4.69, 9.17) is 0 Å². The molecule has 0 saturated heterocycles. The number of thiophene rings is 1. The molecule has 2 rings (SSSR count). The maximum atomic E-state index is 13.5. The molecule has 0 bridgehead atoms. The summed E-state index contributed by atoms with van der Waals surface area (Å²) in [6, 6.07) is 11.5. The molecular weight excluding hydrogens is 345 g/mol. The third-order valence-corrected chi connectivity index (χ3v) is 5.62. The molecule has 0 aliphatic rings. The molecule has 1 heterocycles. The number of thioether (sulfide) groups is 1. The highest BCUT2D eigenvalue weighted by Crippen LogP contribution is 2.26. The van der Waals surface area contributed by atoms with E-state index >= 15 is 0 Å². The smallest absolute Gasteiger partial charge is 0.136 e. The number of rotatable bonds is 6. The van der Waals surface area contributed by atoms with Gasteiger partial charge in [-0.1, -0.05) is 12.1 Å². The molecule has 1 atom stereocenters. The van der Waals surface area contributed by atoms with Crippen LogP contribution in [0.5, 0.6) is 0 Å². The second-order valence-electron chi connectivity index (χ2n) is 4.14. The van der Waals surface area contributed by atoms with Crippen LogP contribution in [0, 0.1) is 5.82 Å². The lowest BCUT2D eigenvalue weighted by atomic mass is 10.2. The summed E-state index contributed by atoms with van der Waals surface area (Å²) >= 11 is 6.78. The molecule has 0 aliphatic heterocycles. The molecule has 1 N–H and O–H groups in total. The van der Waals surface area contributed by atoms with E-state index < -0.39 is 0 Å². The fourth-order valence-electron chi connectivity index (χ4n) is 1.70. The van der Waals surface area contributed by atoms with Crippen molar-refractivity contribution in [1.82, 2.24) is 5.32 Å². The molecule has 0 spiro atoms. The van der Waals surface area contributed by atoms with Crippen molar-refractivity contribution in [2.24, 2.45) is 0 Å². The molecule has 1 aromatic heterocycles. The minimum Gasteiger partial charge on any atom is -0.316 e. The van der Waals surface area contributed by atoms with Crippen LogP contribution in [0.1, 0.15) is 4.88 Å². The SMILES string of the molecule is CNC(CSc1ccccc1F)Cc1ccc(Br)s1. The summed E-state index contributed by atoms with van der Waals surface area (Å²) in [5.41, 5.74) is 0. The van der Waals surface area contributed by atoms with E-state index in [0.717, 1.165) is 20.9 Å². The summed E-state index contributed by atoms with van der Waals surface area (Å²) in [5, 5.41) is 3.30. The van der Waals surface area contributed by atoms with E-state index in [1.807, 2.05) is 19.2 Å². The van der Waals surface area contributed by atoms with Gasteiger partial charge in [-0.3, -0.25) is 0 Å². The van der Waals surface area contributed by atoms with Crippen molar-refractivity contribution in [3.63, 3.8) is 0 Å². The van der Waals surface area contributed by atoms with Crippen LogP contribution in [0.4, 0.5) is 4.39 Å². The first-order valence-electron chi connectivity index (χ1n) is 5.98. The molecular formula is C14H15BrFNS2. The third kappa shape index (κ3) is 4.60. The first kappa shape index (κ1) is 15.0. The average molecular weight is 360 g/mol. The highest BCUT2D eigenvalue weighted by molar-refractivity contribution is 9.11. The predicted molar refractivity (Wildman–Crippen MR) is 85.7 cm³/mol. The van der Waals surface area contributed by atoms with Crippen LogP contribution in [0.2, 0.25) is 0 Å². The number of benzene rings is 1. The Kier molecular flexibility index (Phi) is 5.88. The molecule has 1 unspecified atom stereocenters. The number of halogens is 2. The van der Waals surface area contributed by atoms with Gasteiger partial charge in [0.1, 0.15) is 5.82 Å². The lowest BCUT2D eigenvalue weighted by Crippen LogP contribution is -2.29. The molecule has 0 amide bonds. The number of hydrogen-bond donors (Lipinski definition) is 1. The van der Waals surface area contributed by atoms with Crippen LogP contribution >= 0.6 is 39.0 Å². The molecule has 1 aromatic carbocycles. The first-order chi connectivity index (χ1) is 9.19. The van der Waals surface area contributed by atoms with E-state index in [2.05, 4.69) is 33.4 Å². The summed E-state index contributed by atoms with van der Waals surface area (Å²) in [6.45, 7) is 0. The third-order valence-electron chi connectivity index (χ3n) is 2.76. The fraction of sp³-hybridized carbons (Fsp3) is 0.286. The standard InChI is InChI=1S/C14H15BrFNS2/c1-17-10(8-11-6-7-14(15)19-11)9-18-13-5-3-2-4-12(13)16/h2-7,10,17H,8-9H2,1H3. The Bertz CT molecular complexity index is 530. The molecule has 0 fully saturated rings. The van der Waals surface area contributed by atoms with Crippen molar-refractivity contribution < 1.29 is 4.39 Å².